The van der Waals surface area contributed by atoms with E-state index >= 15 is 0 Å². The molecule has 23 heavy (non-hydrogen) atoms. The average Bonchev–Trinajstić information content (AvgIpc) is 3.15. The van der Waals surface area contributed by atoms with Crippen LogP contribution in [-0.2, 0) is 17.9 Å². The number of carbonyl (C=O) groups is 1. The molecule has 2 aliphatic heterocycles. The Bertz CT molecular complexity index is 524. The van der Waals surface area contributed by atoms with Gasteiger partial charge in [0.1, 0.15) is 0 Å². The van der Waals surface area contributed by atoms with Crippen LogP contribution in [0.3, 0.4) is 0 Å². The van der Waals surface area contributed by atoms with E-state index in [0.29, 0.717) is 0 Å². The van der Waals surface area contributed by atoms with Crippen LogP contribution in [-0.4, -0.2) is 41.9 Å². The normalized spacial score (nSPS) is 19.4. The van der Waals surface area contributed by atoms with Gasteiger partial charge in [0.05, 0.1) is 0 Å². The number of nitrogens with zero attached hydrogens (tertiary/aromatic N) is 2. The zero-order valence-corrected chi connectivity index (χ0v) is 15.5. The third-order valence-corrected chi connectivity index (χ3v) is 5.21. The predicted octanol–water partition coefficient (Wildman–Crippen LogP) is 3.60. The summed E-state index contributed by atoms with van der Waals surface area (Å²) in [5.41, 5.74) is 3.48. The molecule has 0 atom stereocenters. The number of hydrogen-bond acceptors (Lipinski definition) is 3. The van der Waals surface area contributed by atoms with Gasteiger partial charge >= 0.3 is 0 Å². The highest BCUT2D eigenvalue weighted by Crippen LogP contribution is 2.30. The van der Waals surface area contributed by atoms with E-state index in [1.54, 1.807) is 6.92 Å². The van der Waals surface area contributed by atoms with Gasteiger partial charge in [0.15, 0.2) is 0 Å². The zero-order valence-electron chi connectivity index (χ0n) is 13.9. The van der Waals surface area contributed by atoms with Crippen LogP contribution in [0.15, 0.2) is 16.6 Å². The van der Waals surface area contributed by atoms with Crippen molar-refractivity contribution in [3.63, 3.8) is 0 Å². The average molecular weight is 380 g/mol. The van der Waals surface area contributed by atoms with E-state index in [1.807, 2.05) is 0 Å². The summed E-state index contributed by atoms with van der Waals surface area (Å²) >= 11 is 3.66. The van der Waals surface area contributed by atoms with Crippen molar-refractivity contribution in [1.82, 2.24) is 9.80 Å². The molecule has 1 aromatic rings. The molecule has 4 nitrogen and oxygen atoms in total. The minimum Gasteiger partial charge on any atom is -0.326 e. The SMILES string of the molecule is CC(=O)Nc1c(CN2CCCC2)cc(Br)cc1CN1CCCC1. The lowest BCUT2D eigenvalue weighted by molar-refractivity contribution is -0.114. The smallest absolute Gasteiger partial charge is 0.221 e. The third kappa shape index (κ3) is 4.55. The maximum absolute atomic E-state index is 11.7. The van der Waals surface area contributed by atoms with E-state index in [4.69, 9.17) is 0 Å². The van der Waals surface area contributed by atoms with Gasteiger partial charge in [0.2, 0.25) is 5.91 Å². The molecule has 126 valence electrons. The number of amides is 1. The Morgan fingerprint density at radius 2 is 1.43 bits per heavy atom. The monoisotopic (exact) mass is 379 g/mol. The number of benzene rings is 1. The summed E-state index contributed by atoms with van der Waals surface area (Å²) in [6.45, 7) is 8.08. The predicted molar refractivity (Wildman–Crippen MR) is 97.5 cm³/mol. The lowest BCUT2D eigenvalue weighted by Gasteiger charge is -2.23. The van der Waals surface area contributed by atoms with Crippen molar-refractivity contribution in [3.05, 3.63) is 27.7 Å². The molecule has 0 saturated carbocycles. The molecule has 0 radical (unpaired) electrons. The van der Waals surface area contributed by atoms with Crippen LogP contribution < -0.4 is 5.32 Å². The van der Waals surface area contributed by atoms with Gasteiger partial charge in [-0.3, -0.25) is 14.6 Å². The van der Waals surface area contributed by atoms with Gasteiger partial charge in [0.25, 0.3) is 0 Å². The van der Waals surface area contributed by atoms with Crippen molar-refractivity contribution in [1.29, 1.82) is 0 Å². The number of anilines is 1. The summed E-state index contributed by atoms with van der Waals surface area (Å²) in [4.78, 5) is 16.7. The van der Waals surface area contributed by atoms with E-state index in [2.05, 4.69) is 43.2 Å². The molecule has 3 rings (SSSR count). The summed E-state index contributed by atoms with van der Waals surface area (Å²) in [7, 11) is 0. The second kappa shape index (κ2) is 7.77. The molecule has 5 heteroatoms. The second-order valence-corrected chi connectivity index (χ2v) is 7.66. The molecule has 2 fully saturated rings. The standard InChI is InChI=1S/C18H26BrN3O/c1-14(23)20-18-15(12-21-6-2-3-7-21)10-17(19)11-16(18)13-22-8-4-5-9-22/h10-11H,2-9,12-13H2,1H3,(H,20,23). The highest BCUT2D eigenvalue weighted by Gasteiger charge is 2.19. The summed E-state index contributed by atoms with van der Waals surface area (Å²) in [5, 5.41) is 3.10. The molecule has 0 spiro atoms. The minimum absolute atomic E-state index is 0.0117. The molecular formula is C18H26BrN3O. The maximum Gasteiger partial charge on any atom is 0.221 e. The molecule has 2 heterocycles. The van der Waals surface area contributed by atoms with Gasteiger partial charge in [-0.05, 0) is 75.1 Å². The van der Waals surface area contributed by atoms with E-state index < -0.39 is 0 Å². The molecule has 0 aromatic heterocycles. The molecule has 2 saturated heterocycles. The first kappa shape index (κ1) is 16.9. The van der Waals surface area contributed by atoms with Crippen molar-refractivity contribution < 1.29 is 4.79 Å². The molecule has 2 aliphatic rings. The first-order valence-electron chi connectivity index (χ1n) is 8.65. The van der Waals surface area contributed by atoms with Crippen molar-refractivity contribution >= 4 is 27.5 Å². The summed E-state index contributed by atoms with van der Waals surface area (Å²) < 4.78 is 1.11. The Labute approximate surface area is 147 Å². The van der Waals surface area contributed by atoms with Crippen molar-refractivity contribution in [3.8, 4) is 0 Å². The van der Waals surface area contributed by atoms with E-state index in [9.17, 15) is 4.79 Å². The van der Waals surface area contributed by atoms with Crippen LogP contribution in [0.1, 0.15) is 43.7 Å². The summed E-state index contributed by atoms with van der Waals surface area (Å²) in [5.74, 6) is 0.0117. The Kier molecular flexibility index (Phi) is 5.72. The topological polar surface area (TPSA) is 35.6 Å². The van der Waals surface area contributed by atoms with Gasteiger partial charge in [-0.15, -0.1) is 0 Å². The van der Waals surface area contributed by atoms with Crippen molar-refractivity contribution in [2.24, 2.45) is 0 Å². The largest absolute Gasteiger partial charge is 0.326 e. The third-order valence-electron chi connectivity index (χ3n) is 4.75. The van der Waals surface area contributed by atoms with Crippen LogP contribution in [0.2, 0.25) is 0 Å². The first-order chi connectivity index (χ1) is 11.1. The van der Waals surface area contributed by atoms with Crippen LogP contribution in [0, 0.1) is 0 Å². The molecule has 1 amide bonds. The number of likely N-dealkylation sites (tertiary alicyclic amines) is 2. The molecule has 0 bridgehead atoms. The van der Waals surface area contributed by atoms with Crippen molar-refractivity contribution in [2.45, 2.75) is 45.7 Å². The highest BCUT2D eigenvalue weighted by molar-refractivity contribution is 9.10. The Morgan fingerprint density at radius 3 is 1.83 bits per heavy atom. The van der Waals surface area contributed by atoms with Gasteiger partial charge in [-0.2, -0.15) is 0 Å². The number of halogens is 1. The summed E-state index contributed by atoms with van der Waals surface area (Å²) in [6, 6.07) is 4.33. The van der Waals surface area contributed by atoms with Crippen molar-refractivity contribution in [2.75, 3.05) is 31.5 Å². The number of nitrogens with one attached hydrogen (secondary N) is 1. The van der Waals surface area contributed by atoms with E-state index in [1.165, 1.54) is 36.8 Å². The molecule has 1 N–H and O–H groups in total. The van der Waals surface area contributed by atoms with E-state index in [0.717, 1.165) is 49.4 Å². The zero-order chi connectivity index (χ0) is 16.2. The molecule has 0 unspecified atom stereocenters. The maximum atomic E-state index is 11.7. The van der Waals surface area contributed by atoms with Crippen LogP contribution in [0.4, 0.5) is 5.69 Å². The lowest BCUT2D eigenvalue weighted by Crippen LogP contribution is -2.23. The summed E-state index contributed by atoms with van der Waals surface area (Å²) in [6.07, 6.45) is 5.13. The molecule has 0 aliphatic carbocycles. The fourth-order valence-corrected chi connectivity index (χ4v) is 4.23. The molecule has 1 aromatic carbocycles. The number of rotatable bonds is 5. The fourth-order valence-electron chi connectivity index (χ4n) is 3.67. The van der Waals surface area contributed by atoms with Gasteiger partial charge in [0, 0.05) is 30.2 Å². The first-order valence-corrected chi connectivity index (χ1v) is 9.45. The van der Waals surface area contributed by atoms with E-state index in [-0.39, 0.29) is 5.91 Å². The van der Waals surface area contributed by atoms with Crippen LogP contribution in [0.25, 0.3) is 0 Å². The van der Waals surface area contributed by atoms with Crippen LogP contribution >= 0.6 is 15.9 Å². The quantitative estimate of drug-likeness (QED) is 0.848. The number of hydrogen-bond donors (Lipinski definition) is 1. The van der Waals surface area contributed by atoms with Gasteiger partial charge < -0.3 is 5.32 Å². The Hall–Kier alpha value is -0.910. The fraction of sp³-hybridized carbons (Fsp3) is 0.611. The lowest BCUT2D eigenvalue weighted by atomic mass is 10.1. The Morgan fingerprint density at radius 1 is 1.00 bits per heavy atom. The number of carbonyl (C=O) groups excluding carboxylic acids is 1. The van der Waals surface area contributed by atoms with Gasteiger partial charge in [-0.1, -0.05) is 15.9 Å². The highest BCUT2D eigenvalue weighted by atomic mass is 79.9. The van der Waals surface area contributed by atoms with Crippen LogP contribution in [0.5, 0.6) is 0 Å². The molecular weight excluding hydrogens is 354 g/mol. The minimum atomic E-state index is 0.0117. The van der Waals surface area contributed by atoms with Gasteiger partial charge in [-0.25, -0.2) is 0 Å². The Balaban J connectivity index is 1.88. The second-order valence-electron chi connectivity index (χ2n) is 6.75.